The van der Waals surface area contributed by atoms with E-state index >= 15 is 0 Å². The molecule has 0 aliphatic carbocycles. The van der Waals surface area contributed by atoms with E-state index in [9.17, 15) is 13.2 Å². The fourth-order valence-corrected chi connectivity index (χ4v) is 3.04. The molecule has 3 aromatic carbocycles. The van der Waals surface area contributed by atoms with Crippen LogP contribution in [-0.4, -0.2) is 6.61 Å². The summed E-state index contributed by atoms with van der Waals surface area (Å²) in [5.74, 6) is -2.25. The minimum absolute atomic E-state index is 0.0927. The Balaban J connectivity index is 1.73. The smallest absolute Gasteiger partial charge is 0.201 e. The van der Waals surface area contributed by atoms with Crippen molar-refractivity contribution >= 4 is 6.08 Å². The van der Waals surface area contributed by atoms with Crippen molar-refractivity contribution in [1.82, 2.24) is 0 Å². The summed E-state index contributed by atoms with van der Waals surface area (Å²) in [6, 6.07) is 15.2. The molecule has 0 bridgehead atoms. The van der Waals surface area contributed by atoms with Crippen molar-refractivity contribution in [3.05, 3.63) is 95.3 Å². The largest absolute Gasteiger partial charge is 0.491 e. The summed E-state index contributed by atoms with van der Waals surface area (Å²) in [6.45, 7) is 5.61. The van der Waals surface area contributed by atoms with Gasteiger partial charge in [0.15, 0.2) is 11.6 Å². The van der Waals surface area contributed by atoms with E-state index in [0.29, 0.717) is 24.0 Å². The molecule has 3 aromatic rings. The molecule has 4 heteroatoms. The first-order valence-electron chi connectivity index (χ1n) is 9.14. The molecule has 0 aliphatic heterocycles. The Kier molecular flexibility index (Phi) is 6.19. The van der Waals surface area contributed by atoms with Gasteiger partial charge in [-0.1, -0.05) is 49.1 Å². The van der Waals surface area contributed by atoms with Gasteiger partial charge in [0.25, 0.3) is 0 Å². The summed E-state index contributed by atoms with van der Waals surface area (Å²) in [5, 5.41) is 0. The fourth-order valence-electron chi connectivity index (χ4n) is 3.04. The topological polar surface area (TPSA) is 9.23 Å². The molecule has 0 aliphatic rings. The number of hydrogen-bond acceptors (Lipinski definition) is 1. The molecule has 0 fully saturated rings. The van der Waals surface area contributed by atoms with Crippen LogP contribution in [0.1, 0.15) is 23.6 Å². The maximum absolute atomic E-state index is 14.3. The van der Waals surface area contributed by atoms with Gasteiger partial charge in [0.2, 0.25) is 5.82 Å². The summed E-state index contributed by atoms with van der Waals surface area (Å²) < 4.78 is 47.6. The highest BCUT2D eigenvalue weighted by Crippen LogP contribution is 2.30. The Hall–Kier alpha value is -3.01. The van der Waals surface area contributed by atoms with Crippen LogP contribution in [-0.2, 0) is 12.8 Å². The van der Waals surface area contributed by atoms with Crippen molar-refractivity contribution in [2.45, 2.75) is 19.8 Å². The van der Waals surface area contributed by atoms with E-state index in [4.69, 9.17) is 4.74 Å². The summed E-state index contributed by atoms with van der Waals surface area (Å²) in [7, 11) is 0. The molecular formula is C24H21F3O. The lowest BCUT2D eigenvalue weighted by atomic mass is 9.99. The minimum atomic E-state index is -0.984. The van der Waals surface area contributed by atoms with E-state index in [-0.39, 0.29) is 23.7 Å². The van der Waals surface area contributed by atoms with Crippen LogP contribution in [0, 0.1) is 17.5 Å². The monoisotopic (exact) mass is 382 g/mol. The van der Waals surface area contributed by atoms with Crippen LogP contribution in [0.3, 0.4) is 0 Å². The maximum atomic E-state index is 14.3. The number of rotatable bonds is 7. The first kappa shape index (κ1) is 19.7. The molecule has 0 saturated carbocycles. The average Bonchev–Trinajstić information content (AvgIpc) is 2.71. The van der Waals surface area contributed by atoms with E-state index in [1.54, 1.807) is 31.2 Å². The van der Waals surface area contributed by atoms with Crippen molar-refractivity contribution in [3.63, 3.8) is 0 Å². The Morgan fingerprint density at radius 1 is 0.893 bits per heavy atom. The third kappa shape index (κ3) is 4.28. The molecule has 0 atom stereocenters. The lowest BCUT2D eigenvalue weighted by Gasteiger charge is -2.10. The number of halogens is 3. The van der Waals surface area contributed by atoms with Gasteiger partial charge >= 0.3 is 0 Å². The summed E-state index contributed by atoms with van der Waals surface area (Å²) in [6.07, 6.45) is 2.80. The quantitative estimate of drug-likeness (QED) is 0.447. The molecular weight excluding hydrogens is 361 g/mol. The SMILES string of the molecule is C=Cc1ccc(CCc2ccc(-c3ccc(OCC)c(F)c3F)cc2)c(F)c1. The summed E-state index contributed by atoms with van der Waals surface area (Å²) in [5.41, 5.74) is 3.12. The highest BCUT2D eigenvalue weighted by Gasteiger charge is 2.15. The summed E-state index contributed by atoms with van der Waals surface area (Å²) in [4.78, 5) is 0. The molecule has 1 nitrogen and oxygen atoms in total. The van der Waals surface area contributed by atoms with Gasteiger partial charge in [-0.05, 0) is 60.2 Å². The highest BCUT2D eigenvalue weighted by molar-refractivity contribution is 5.65. The number of hydrogen-bond donors (Lipinski definition) is 0. The van der Waals surface area contributed by atoms with Crippen molar-refractivity contribution in [1.29, 1.82) is 0 Å². The Morgan fingerprint density at radius 3 is 2.29 bits per heavy atom. The van der Waals surface area contributed by atoms with E-state index in [0.717, 1.165) is 11.1 Å². The van der Waals surface area contributed by atoms with Gasteiger partial charge in [-0.25, -0.2) is 8.78 Å². The first-order chi connectivity index (χ1) is 13.5. The fraction of sp³-hybridized carbons (Fsp3) is 0.167. The van der Waals surface area contributed by atoms with Gasteiger partial charge in [-0.2, -0.15) is 4.39 Å². The van der Waals surface area contributed by atoms with E-state index in [2.05, 4.69) is 6.58 Å². The molecule has 3 rings (SSSR count). The molecule has 0 N–H and O–H groups in total. The normalized spacial score (nSPS) is 10.7. The average molecular weight is 382 g/mol. The van der Waals surface area contributed by atoms with Crippen LogP contribution in [0.2, 0.25) is 0 Å². The standard InChI is InChI=1S/C24H21F3O/c1-3-16-5-11-19(21(25)15-16)12-8-17-6-9-18(10-7-17)20-13-14-22(28-4-2)24(27)23(20)26/h3,5-7,9-11,13-15H,1,4,8,12H2,2H3. The van der Waals surface area contributed by atoms with Gasteiger partial charge in [-0.3, -0.25) is 0 Å². The van der Waals surface area contributed by atoms with Crippen molar-refractivity contribution in [3.8, 4) is 16.9 Å². The van der Waals surface area contributed by atoms with E-state index < -0.39 is 11.6 Å². The van der Waals surface area contributed by atoms with Crippen LogP contribution in [0.5, 0.6) is 5.75 Å². The van der Waals surface area contributed by atoms with Gasteiger partial charge in [-0.15, -0.1) is 0 Å². The third-order valence-electron chi connectivity index (χ3n) is 4.61. The summed E-state index contributed by atoms with van der Waals surface area (Å²) >= 11 is 0. The van der Waals surface area contributed by atoms with Crippen molar-refractivity contribution in [2.24, 2.45) is 0 Å². The number of benzene rings is 3. The predicted octanol–water partition coefficient (Wildman–Crippen LogP) is 6.60. The molecule has 0 heterocycles. The number of ether oxygens (including phenoxy) is 1. The lowest BCUT2D eigenvalue weighted by Crippen LogP contribution is -1.99. The Labute approximate surface area is 163 Å². The molecule has 0 aromatic heterocycles. The highest BCUT2D eigenvalue weighted by atomic mass is 19.2. The van der Waals surface area contributed by atoms with E-state index in [1.165, 1.54) is 18.2 Å². The van der Waals surface area contributed by atoms with Gasteiger partial charge in [0, 0.05) is 5.56 Å². The van der Waals surface area contributed by atoms with E-state index in [1.807, 2.05) is 18.2 Å². The second-order valence-corrected chi connectivity index (χ2v) is 6.42. The zero-order chi connectivity index (χ0) is 20.1. The van der Waals surface area contributed by atoms with Crippen LogP contribution in [0.25, 0.3) is 17.2 Å². The van der Waals surface area contributed by atoms with Gasteiger partial charge in [0.05, 0.1) is 6.61 Å². The molecule has 0 radical (unpaired) electrons. The first-order valence-corrected chi connectivity index (χ1v) is 9.14. The van der Waals surface area contributed by atoms with Crippen molar-refractivity contribution < 1.29 is 17.9 Å². The van der Waals surface area contributed by atoms with Gasteiger partial charge in [0.1, 0.15) is 5.82 Å². The van der Waals surface area contributed by atoms with Crippen molar-refractivity contribution in [2.75, 3.05) is 6.61 Å². The lowest BCUT2D eigenvalue weighted by molar-refractivity contribution is 0.314. The minimum Gasteiger partial charge on any atom is -0.491 e. The Bertz CT molecular complexity index is 978. The second kappa shape index (κ2) is 8.79. The molecule has 0 saturated heterocycles. The molecule has 144 valence electrons. The number of aryl methyl sites for hydroxylation is 2. The third-order valence-corrected chi connectivity index (χ3v) is 4.61. The van der Waals surface area contributed by atoms with Crippen LogP contribution < -0.4 is 4.74 Å². The zero-order valence-electron chi connectivity index (χ0n) is 15.6. The van der Waals surface area contributed by atoms with Crippen LogP contribution in [0.15, 0.2) is 61.2 Å². The molecule has 0 spiro atoms. The van der Waals surface area contributed by atoms with Crippen LogP contribution >= 0.6 is 0 Å². The van der Waals surface area contributed by atoms with Crippen LogP contribution in [0.4, 0.5) is 13.2 Å². The second-order valence-electron chi connectivity index (χ2n) is 6.42. The molecule has 0 unspecified atom stereocenters. The predicted molar refractivity (Wildman–Crippen MR) is 107 cm³/mol. The molecule has 0 amide bonds. The zero-order valence-corrected chi connectivity index (χ0v) is 15.6. The maximum Gasteiger partial charge on any atom is 0.201 e. The van der Waals surface area contributed by atoms with Gasteiger partial charge < -0.3 is 4.74 Å². The Morgan fingerprint density at radius 2 is 1.64 bits per heavy atom. The molecule has 28 heavy (non-hydrogen) atoms.